The molecule has 1 rings (SSSR count). The monoisotopic (exact) mass is 203 g/mol. The van der Waals surface area contributed by atoms with E-state index < -0.39 is 11.7 Å². The van der Waals surface area contributed by atoms with Crippen molar-refractivity contribution in [2.45, 2.75) is 37.9 Å². The summed E-state index contributed by atoms with van der Waals surface area (Å²) in [4.78, 5) is 0. The molecule has 0 aliphatic carbocycles. The number of aliphatic hydroxyl groups excluding tert-OH is 1. The first kappa shape index (κ1) is 11.9. The second-order valence-electron chi connectivity index (χ2n) is 4.09. The molecule has 0 spiro atoms. The lowest BCUT2D eigenvalue weighted by molar-refractivity contribution is -0.0163. The minimum Gasteiger partial charge on any atom is -0.392 e. The summed E-state index contributed by atoms with van der Waals surface area (Å²) < 4.78 is 5.11. The smallest absolute Gasteiger partial charge is 0.0927 e. The van der Waals surface area contributed by atoms with Crippen LogP contribution in [0.1, 0.15) is 26.2 Å². The van der Waals surface area contributed by atoms with Crippen molar-refractivity contribution in [1.82, 2.24) is 5.32 Å². The summed E-state index contributed by atoms with van der Waals surface area (Å²) in [6.45, 7) is 4.50. The lowest BCUT2D eigenvalue weighted by atomic mass is 9.95. The lowest BCUT2D eigenvalue weighted by Crippen LogP contribution is -2.38. The van der Waals surface area contributed by atoms with Crippen LogP contribution in [-0.2, 0) is 4.74 Å². The van der Waals surface area contributed by atoms with E-state index in [-0.39, 0.29) is 0 Å². The van der Waals surface area contributed by atoms with Crippen molar-refractivity contribution in [1.29, 1.82) is 0 Å². The van der Waals surface area contributed by atoms with E-state index in [1.54, 1.807) is 0 Å². The predicted octanol–water partition coefficient (Wildman–Crippen LogP) is -0.112. The minimum absolute atomic E-state index is 0.359. The number of hydrogen-bond acceptors (Lipinski definition) is 4. The van der Waals surface area contributed by atoms with E-state index >= 15 is 0 Å². The van der Waals surface area contributed by atoms with Crippen LogP contribution in [0.4, 0.5) is 0 Å². The average Bonchev–Trinajstić information content (AvgIpc) is 2.52. The maximum absolute atomic E-state index is 9.91. The average molecular weight is 203 g/mol. The summed E-state index contributed by atoms with van der Waals surface area (Å²) in [6, 6.07) is 0. The fraction of sp³-hybridized carbons (Fsp3) is 1.00. The predicted molar refractivity (Wildman–Crippen MR) is 54.2 cm³/mol. The molecule has 0 aromatic rings. The molecule has 0 amide bonds. The van der Waals surface area contributed by atoms with Gasteiger partial charge in [-0.3, -0.25) is 0 Å². The normalized spacial score (nSPS) is 29.4. The highest BCUT2D eigenvalue weighted by molar-refractivity contribution is 4.85. The van der Waals surface area contributed by atoms with Crippen LogP contribution in [0.15, 0.2) is 0 Å². The van der Waals surface area contributed by atoms with Gasteiger partial charge in [-0.25, -0.2) is 0 Å². The van der Waals surface area contributed by atoms with Crippen molar-refractivity contribution < 1.29 is 14.9 Å². The van der Waals surface area contributed by atoms with Crippen LogP contribution in [0.25, 0.3) is 0 Å². The van der Waals surface area contributed by atoms with Crippen LogP contribution in [-0.4, -0.2) is 48.2 Å². The van der Waals surface area contributed by atoms with Gasteiger partial charge < -0.3 is 20.3 Å². The molecule has 3 N–H and O–H groups in total. The molecule has 84 valence electrons. The quantitative estimate of drug-likeness (QED) is 0.527. The molecule has 14 heavy (non-hydrogen) atoms. The molecule has 0 aromatic carbocycles. The Balaban J connectivity index is 2.15. The second-order valence-corrected chi connectivity index (χ2v) is 4.09. The maximum Gasteiger partial charge on any atom is 0.0927 e. The number of ether oxygens (including phenoxy) is 1. The van der Waals surface area contributed by atoms with Crippen LogP contribution in [0, 0.1) is 0 Å². The van der Waals surface area contributed by atoms with Crippen molar-refractivity contribution in [2.75, 3.05) is 26.3 Å². The summed E-state index contributed by atoms with van der Waals surface area (Å²) in [5, 5.41) is 22.7. The Morgan fingerprint density at radius 2 is 2.36 bits per heavy atom. The highest BCUT2D eigenvalue weighted by Crippen LogP contribution is 2.23. The van der Waals surface area contributed by atoms with Gasteiger partial charge in [0.2, 0.25) is 0 Å². The van der Waals surface area contributed by atoms with Crippen molar-refractivity contribution in [3.63, 3.8) is 0 Å². The summed E-state index contributed by atoms with van der Waals surface area (Å²) in [5.74, 6) is 0. The van der Waals surface area contributed by atoms with Crippen LogP contribution < -0.4 is 5.32 Å². The van der Waals surface area contributed by atoms with E-state index in [4.69, 9.17) is 4.74 Å². The fourth-order valence-electron chi connectivity index (χ4n) is 1.71. The zero-order valence-corrected chi connectivity index (χ0v) is 8.83. The van der Waals surface area contributed by atoms with Crippen LogP contribution in [0.2, 0.25) is 0 Å². The van der Waals surface area contributed by atoms with Crippen LogP contribution in [0.3, 0.4) is 0 Å². The molecule has 2 atom stereocenters. The van der Waals surface area contributed by atoms with Gasteiger partial charge >= 0.3 is 0 Å². The van der Waals surface area contributed by atoms with Crippen molar-refractivity contribution >= 4 is 0 Å². The Hall–Kier alpha value is -0.160. The van der Waals surface area contributed by atoms with Crippen LogP contribution in [0.5, 0.6) is 0 Å². The molecule has 1 fully saturated rings. The highest BCUT2D eigenvalue weighted by Gasteiger charge is 2.34. The van der Waals surface area contributed by atoms with Crippen molar-refractivity contribution in [2.24, 2.45) is 0 Å². The Morgan fingerprint density at radius 1 is 1.57 bits per heavy atom. The molecule has 2 unspecified atom stereocenters. The Bertz CT molecular complexity index is 157. The van der Waals surface area contributed by atoms with E-state index in [0.29, 0.717) is 32.6 Å². The molecule has 1 aliphatic heterocycles. The van der Waals surface area contributed by atoms with Gasteiger partial charge in [0, 0.05) is 26.0 Å². The topological polar surface area (TPSA) is 61.7 Å². The standard InChI is InChI=1S/C10H21NO3/c1-2-4-11-7-9(12)6-10(13)3-5-14-8-10/h9,11-13H,2-8H2,1H3. The molecule has 0 bridgehead atoms. The minimum atomic E-state index is -0.798. The molecule has 1 heterocycles. The Labute approximate surface area is 85.3 Å². The Kier molecular flexibility index (Phi) is 4.81. The largest absolute Gasteiger partial charge is 0.392 e. The van der Waals surface area contributed by atoms with Gasteiger partial charge in [-0.1, -0.05) is 6.92 Å². The molecular formula is C10H21NO3. The number of hydrogen-bond donors (Lipinski definition) is 3. The van der Waals surface area contributed by atoms with Gasteiger partial charge in [0.25, 0.3) is 0 Å². The summed E-state index contributed by atoms with van der Waals surface area (Å²) >= 11 is 0. The highest BCUT2D eigenvalue weighted by atomic mass is 16.5. The zero-order valence-electron chi connectivity index (χ0n) is 8.83. The molecule has 0 radical (unpaired) electrons. The third kappa shape index (κ3) is 3.92. The third-order valence-electron chi connectivity index (χ3n) is 2.50. The summed E-state index contributed by atoms with van der Waals surface area (Å²) in [5.41, 5.74) is -0.798. The van der Waals surface area contributed by atoms with E-state index in [0.717, 1.165) is 13.0 Å². The van der Waals surface area contributed by atoms with Gasteiger partial charge in [-0.15, -0.1) is 0 Å². The van der Waals surface area contributed by atoms with E-state index in [1.165, 1.54) is 0 Å². The molecule has 4 nitrogen and oxygen atoms in total. The molecule has 1 saturated heterocycles. The SMILES string of the molecule is CCCNCC(O)CC1(O)CCOC1. The lowest BCUT2D eigenvalue weighted by Gasteiger charge is -2.23. The first-order chi connectivity index (χ1) is 6.66. The Morgan fingerprint density at radius 3 is 2.93 bits per heavy atom. The van der Waals surface area contributed by atoms with E-state index in [9.17, 15) is 10.2 Å². The van der Waals surface area contributed by atoms with Crippen molar-refractivity contribution in [3.05, 3.63) is 0 Å². The number of nitrogens with one attached hydrogen (secondary N) is 1. The molecule has 4 heteroatoms. The number of aliphatic hydroxyl groups is 2. The molecule has 0 saturated carbocycles. The fourth-order valence-corrected chi connectivity index (χ4v) is 1.71. The van der Waals surface area contributed by atoms with Gasteiger partial charge in [-0.2, -0.15) is 0 Å². The van der Waals surface area contributed by atoms with Gasteiger partial charge in [0.1, 0.15) is 0 Å². The molecule has 0 aromatic heterocycles. The van der Waals surface area contributed by atoms with Gasteiger partial charge in [0.05, 0.1) is 18.3 Å². The van der Waals surface area contributed by atoms with Crippen molar-refractivity contribution in [3.8, 4) is 0 Å². The first-order valence-electron chi connectivity index (χ1n) is 5.35. The van der Waals surface area contributed by atoms with E-state index in [2.05, 4.69) is 12.2 Å². The molecular weight excluding hydrogens is 182 g/mol. The van der Waals surface area contributed by atoms with Gasteiger partial charge in [0.15, 0.2) is 0 Å². The second kappa shape index (κ2) is 5.66. The molecule has 1 aliphatic rings. The third-order valence-corrected chi connectivity index (χ3v) is 2.50. The maximum atomic E-state index is 9.91. The first-order valence-corrected chi connectivity index (χ1v) is 5.35. The number of rotatable bonds is 6. The van der Waals surface area contributed by atoms with Crippen LogP contribution >= 0.6 is 0 Å². The van der Waals surface area contributed by atoms with E-state index in [1.807, 2.05) is 0 Å². The van der Waals surface area contributed by atoms with Gasteiger partial charge in [-0.05, 0) is 13.0 Å². The summed E-state index contributed by atoms with van der Waals surface area (Å²) in [6.07, 6.45) is 1.62. The zero-order chi connectivity index (χ0) is 10.4. The summed E-state index contributed by atoms with van der Waals surface area (Å²) in [7, 11) is 0.